The van der Waals surface area contributed by atoms with Gasteiger partial charge in [-0.3, -0.25) is 0 Å². The molecule has 108 valence electrons. The Morgan fingerprint density at radius 1 is 1.00 bits per heavy atom. The first kappa shape index (κ1) is 14.1. The molecule has 2 aromatic rings. The molecule has 0 saturated carbocycles. The van der Waals surface area contributed by atoms with Crippen molar-refractivity contribution in [1.82, 2.24) is 0 Å². The predicted molar refractivity (Wildman–Crippen MR) is 87.6 cm³/mol. The molecule has 0 unspecified atom stereocenters. The highest BCUT2D eigenvalue weighted by Gasteiger charge is 2.14. The molecule has 0 atom stereocenters. The van der Waals surface area contributed by atoms with Crippen LogP contribution < -0.4 is 0 Å². The molecule has 0 heterocycles. The second kappa shape index (κ2) is 6.26. The fourth-order valence-corrected chi connectivity index (χ4v) is 2.99. The van der Waals surface area contributed by atoms with Gasteiger partial charge in [-0.2, -0.15) is 0 Å². The zero-order valence-electron chi connectivity index (χ0n) is 12.5. The quantitative estimate of drug-likeness (QED) is 0.678. The van der Waals surface area contributed by atoms with E-state index in [1.807, 2.05) is 6.07 Å². The minimum Gasteiger partial charge on any atom is -0.207 e. The molecule has 0 N–H and O–H groups in total. The number of benzene rings is 2. The Balaban J connectivity index is 1.84. The van der Waals surface area contributed by atoms with Crippen molar-refractivity contribution < 1.29 is 4.39 Å². The molecule has 3 rings (SSSR count). The van der Waals surface area contributed by atoms with Crippen LogP contribution in [0.4, 0.5) is 4.39 Å². The van der Waals surface area contributed by atoms with E-state index < -0.39 is 0 Å². The predicted octanol–water partition coefficient (Wildman–Crippen LogP) is 5.66. The second-order valence-electron chi connectivity index (χ2n) is 5.78. The van der Waals surface area contributed by atoms with Crippen LogP contribution in [0.3, 0.4) is 0 Å². The van der Waals surface area contributed by atoms with E-state index in [0.717, 1.165) is 30.4 Å². The summed E-state index contributed by atoms with van der Waals surface area (Å²) in [6.07, 6.45) is 7.49. The summed E-state index contributed by atoms with van der Waals surface area (Å²) in [5, 5.41) is 0. The molecular formula is C20H21F. The lowest BCUT2D eigenvalue weighted by molar-refractivity contribution is 0.608. The first-order valence-corrected chi connectivity index (χ1v) is 7.85. The molecule has 1 aliphatic carbocycles. The molecule has 0 aromatic heterocycles. The molecule has 2 aromatic carbocycles. The summed E-state index contributed by atoms with van der Waals surface area (Å²) in [6.45, 7) is 2.22. The lowest BCUT2D eigenvalue weighted by Crippen LogP contribution is -2.01. The zero-order valence-corrected chi connectivity index (χ0v) is 12.5. The van der Waals surface area contributed by atoms with E-state index in [4.69, 9.17) is 0 Å². The number of fused-ring (bicyclic) bond motifs is 1. The number of rotatable bonds is 4. The van der Waals surface area contributed by atoms with Crippen molar-refractivity contribution >= 4 is 11.6 Å². The van der Waals surface area contributed by atoms with Crippen LogP contribution in [-0.4, -0.2) is 0 Å². The Bertz CT molecular complexity index is 650. The smallest absolute Gasteiger partial charge is 0.127 e. The molecule has 0 aliphatic heterocycles. The number of hydrogen-bond acceptors (Lipinski definition) is 0. The average molecular weight is 280 g/mol. The second-order valence-corrected chi connectivity index (χ2v) is 5.78. The Kier molecular flexibility index (Phi) is 4.19. The Hall–Kier alpha value is -1.89. The topological polar surface area (TPSA) is 0 Å². The van der Waals surface area contributed by atoms with Crippen molar-refractivity contribution in [2.45, 2.75) is 39.0 Å². The molecule has 0 bridgehead atoms. The van der Waals surface area contributed by atoms with Crippen molar-refractivity contribution in [1.29, 1.82) is 0 Å². The molecule has 0 spiro atoms. The molecular weight excluding hydrogens is 259 g/mol. The van der Waals surface area contributed by atoms with Crippen LogP contribution in [0.5, 0.6) is 0 Å². The van der Waals surface area contributed by atoms with Crippen molar-refractivity contribution in [3.05, 3.63) is 70.5 Å². The van der Waals surface area contributed by atoms with Gasteiger partial charge in [0.15, 0.2) is 0 Å². The van der Waals surface area contributed by atoms with Crippen LogP contribution in [0.2, 0.25) is 0 Å². The van der Waals surface area contributed by atoms with E-state index in [1.165, 1.54) is 29.5 Å². The zero-order chi connectivity index (χ0) is 14.7. The molecule has 0 radical (unpaired) electrons. The van der Waals surface area contributed by atoms with E-state index in [9.17, 15) is 4.39 Å². The number of hydrogen-bond donors (Lipinski definition) is 0. The first-order valence-electron chi connectivity index (χ1n) is 7.85. The van der Waals surface area contributed by atoms with Gasteiger partial charge in [-0.25, -0.2) is 4.39 Å². The van der Waals surface area contributed by atoms with Crippen LogP contribution in [-0.2, 0) is 12.8 Å². The number of unbranched alkanes of at least 4 members (excludes halogenated alkanes) is 1. The van der Waals surface area contributed by atoms with Gasteiger partial charge < -0.3 is 0 Å². The lowest BCUT2D eigenvalue weighted by atomic mass is 9.88. The molecule has 0 nitrogen and oxygen atoms in total. The van der Waals surface area contributed by atoms with E-state index in [2.05, 4.69) is 37.3 Å². The van der Waals surface area contributed by atoms with E-state index >= 15 is 0 Å². The molecule has 1 heteroatoms. The largest absolute Gasteiger partial charge is 0.207 e. The third kappa shape index (κ3) is 3.07. The van der Waals surface area contributed by atoms with Crippen LogP contribution >= 0.6 is 0 Å². The van der Waals surface area contributed by atoms with Crippen molar-refractivity contribution in [2.75, 3.05) is 0 Å². The first-order chi connectivity index (χ1) is 10.3. The van der Waals surface area contributed by atoms with Gasteiger partial charge in [0.2, 0.25) is 0 Å². The molecule has 1 aliphatic rings. The van der Waals surface area contributed by atoms with Crippen LogP contribution in [0.25, 0.3) is 11.6 Å². The highest BCUT2D eigenvalue weighted by Crippen LogP contribution is 2.31. The number of allylic oxidation sites excluding steroid dienone is 1. The summed E-state index contributed by atoms with van der Waals surface area (Å²) < 4.78 is 13.7. The Labute approximate surface area is 126 Å². The maximum absolute atomic E-state index is 13.7. The summed E-state index contributed by atoms with van der Waals surface area (Å²) in [6, 6.07) is 14.2. The monoisotopic (exact) mass is 280 g/mol. The maximum Gasteiger partial charge on any atom is 0.127 e. The molecule has 21 heavy (non-hydrogen) atoms. The summed E-state index contributed by atoms with van der Waals surface area (Å²) >= 11 is 0. The van der Waals surface area contributed by atoms with E-state index in [-0.39, 0.29) is 5.82 Å². The fraction of sp³-hybridized carbons (Fsp3) is 0.300. The highest BCUT2D eigenvalue weighted by molar-refractivity contribution is 5.84. The maximum atomic E-state index is 13.7. The summed E-state index contributed by atoms with van der Waals surface area (Å²) in [5.41, 5.74) is 5.89. The van der Waals surface area contributed by atoms with Crippen LogP contribution in [0.15, 0.2) is 42.5 Å². The van der Waals surface area contributed by atoms with Crippen molar-refractivity contribution in [3.63, 3.8) is 0 Å². The Morgan fingerprint density at radius 3 is 2.57 bits per heavy atom. The SMILES string of the molecule is CCCCc1ccc(C2=Cc3cccc(F)c3CC2)cc1. The van der Waals surface area contributed by atoms with E-state index in [1.54, 1.807) is 12.1 Å². The van der Waals surface area contributed by atoms with Gasteiger partial charge in [-0.05, 0) is 59.6 Å². The van der Waals surface area contributed by atoms with Gasteiger partial charge in [0.25, 0.3) is 0 Å². The molecule has 0 fully saturated rings. The third-order valence-corrected chi connectivity index (χ3v) is 4.27. The Morgan fingerprint density at radius 2 is 1.81 bits per heavy atom. The van der Waals surface area contributed by atoms with Crippen LogP contribution in [0, 0.1) is 5.82 Å². The van der Waals surface area contributed by atoms with Gasteiger partial charge in [0, 0.05) is 0 Å². The summed E-state index contributed by atoms with van der Waals surface area (Å²) in [7, 11) is 0. The number of halogens is 1. The standard InChI is InChI=1S/C20H21F/c1-2-3-5-15-8-10-16(11-9-15)17-12-13-19-18(14-17)6-4-7-20(19)21/h4,6-11,14H,2-3,5,12-13H2,1H3. The van der Waals surface area contributed by atoms with Crippen molar-refractivity contribution in [3.8, 4) is 0 Å². The van der Waals surface area contributed by atoms with Crippen molar-refractivity contribution in [2.24, 2.45) is 0 Å². The van der Waals surface area contributed by atoms with Gasteiger partial charge in [0.1, 0.15) is 5.82 Å². The lowest BCUT2D eigenvalue weighted by Gasteiger charge is -2.17. The normalized spacial score (nSPS) is 13.7. The van der Waals surface area contributed by atoms with Gasteiger partial charge >= 0.3 is 0 Å². The third-order valence-electron chi connectivity index (χ3n) is 4.27. The average Bonchev–Trinajstić information content (AvgIpc) is 2.53. The van der Waals surface area contributed by atoms with Gasteiger partial charge in [0.05, 0.1) is 0 Å². The molecule has 0 saturated heterocycles. The summed E-state index contributed by atoms with van der Waals surface area (Å²) in [4.78, 5) is 0. The summed E-state index contributed by atoms with van der Waals surface area (Å²) in [5.74, 6) is -0.0716. The minimum absolute atomic E-state index is 0.0716. The fourth-order valence-electron chi connectivity index (χ4n) is 2.99. The van der Waals surface area contributed by atoms with Gasteiger partial charge in [-0.15, -0.1) is 0 Å². The number of aryl methyl sites for hydroxylation is 1. The van der Waals surface area contributed by atoms with Crippen LogP contribution in [0.1, 0.15) is 48.4 Å². The van der Waals surface area contributed by atoms with Gasteiger partial charge in [-0.1, -0.05) is 55.8 Å². The minimum atomic E-state index is -0.0716. The van der Waals surface area contributed by atoms with E-state index in [0.29, 0.717) is 0 Å². The molecule has 0 amide bonds. The highest BCUT2D eigenvalue weighted by atomic mass is 19.1.